The number of hydrogen-bond acceptors (Lipinski definition) is 4. The lowest BCUT2D eigenvalue weighted by Gasteiger charge is -2.32. The SMILES string of the molecule is CCn1cc([C@H]2CN(S(=O)(=O)c3ccc(C)cc3Cl)CCO2)cn1. The van der Waals surface area contributed by atoms with Crippen molar-refractivity contribution in [2.45, 2.75) is 31.4 Å². The Morgan fingerprint density at radius 2 is 2.21 bits per heavy atom. The molecule has 0 amide bonds. The Labute approximate surface area is 147 Å². The molecule has 1 atom stereocenters. The predicted octanol–water partition coefficient (Wildman–Crippen LogP) is 2.63. The number of morpholine rings is 1. The van der Waals surface area contributed by atoms with Crippen molar-refractivity contribution in [1.29, 1.82) is 0 Å². The second-order valence-corrected chi connectivity index (χ2v) is 8.10. The number of aromatic nitrogens is 2. The van der Waals surface area contributed by atoms with Gasteiger partial charge in [0.25, 0.3) is 0 Å². The number of aryl methyl sites for hydroxylation is 2. The third kappa shape index (κ3) is 3.35. The third-order valence-corrected chi connectivity index (χ3v) is 6.43. The summed E-state index contributed by atoms with van der Waals surface area (Å²) >= 11 is 6.16. The van der Waals surface area contributed by atoms with Crippen LogP contribution in [0.15, 0.2) is 35.5 Å². The van der Waals surface area contributed by atoms with Gasteiger partial charge in [0.2, 0.25) is 10.0 Å². The monoisotopic (exact) mass is 369 g/mol. The number of hydrogen-bond donors (Lipinski definition) is 0. The molecule has 1 fully saturated rings. The summed E-state index contributed by atoms with van der Waals surface area (Å²) in [6.07, 6.45) is 3.29. The van der Waals surface area contributed by atoms with Crippen LogP contribution in [0.4, 0.5) is 0 Å². The predicted molar refractivity (Wildman–Crippen MR) is 91.5 cm³/mol. The molecule has 0 saturated carbocycles. The van der Waals surface area contributed by atoms with E-state index in [1.54, 1.807) is 29.1 Å². The van der Waals surface area contributed by atoms with Gasteiger partial charge in [0.15, 0.2) is 0 Å². The van der Waals surface area contributed by atoms with E-state index in [9.17, 15) is 8.42 Å². The molecule has 0 aliphatic carbocycles. The summed E-state index contributed by atoms with van der Waals surface area (Å²) in [7, 11) is -3.65. The maximum Gasteiger partial charge on any atom is 0.244 e. The second kappa shape index (κ2) is 6.84. The minimum absolute atomic E-state index is 0.139. The molecule has 130 valence electrons. The zero-order valence-electron chi connectivity index (χ0n) is 13.6. The van der Waals surface area contributed by atoms with E-state index < -0.39 is 10.0 Å². The molecule has 24 heavy (non-hydrogen) atoms. The average molecular weight is 370 g/mol. The number of ether oxygens (including phenoxy) is 1. The van der Waals surface area contributed by atoms with Gasteiger partial charge in [-0.1, -0.05) is 17.7 Å². The van der Waals surface area contributed by atoms with Crippen LogP contribution in [0, 0.1) is 6.92 Å². The summed E-state index contributed by atoms with van der Waals surface area (Å²) in [6.45, 7) is 5.53. The van der Waals surface area contributed by atoms with Gasteiger partial charge in [-0.15, -0.1) is 0 Å². The van der Waals surface area contributed by atoms with Crippen LogP contribution in [0.3, 0.4) is 0 Å². The van der Waals surface area contributed by atoms with Crippen LogP contribution in [0.25, 0.3) is 0 Å². The fraction of sp³-hybridized carbons (Fsp3) is 0.438. The summed E-state index contributed by atoms with van der Waals surface area (Å²) in [5.41, 5.74) is 1.80. The van der Waals surface area contributed by atoms with E-state index in [4.69, 9.17) is 16.3 Å². The van der Waals surface area contributed by atoms with Gasteiger partial charge in [0.1, 0.15) is 4.90 Å². The Morgan fingerprint density at radius 1 is 1.42 bits per heavy atom. The van der Waals surface area contributed by atoms with Gasteiger partial charge < -0.3 is 4.74 Å². The van der Waals surface area contributed by atoms with Crippen molar-refractivity contribution >= 4 is 21.6 Å². The van der Waals surface area contributed by atoms with E-state index in [1.165, 1.54) is 4.31 Å². The van der Waals surface area contributed by atoms with E-state index in [0.29, 0.717) is 13.2 Å². The van der Waals surface area contributed by atoms with Crippen LogP contribution >= 0.6 is 11.6 Å². The zero-order chi connectivity index (χ0) is 17.3. The minimum atomic E-state index is -3.65. The van der Waals surface area contributed by atoms with E-state index in [1.807, 2.05) is 20.0 Å². The molecule has 0 bridgehead atoms. The van der Waals surface area contributed by atoms with Gasteiger partial charge in [-0.05, 0) is 31.5 Å². The van der Waals surface area contributed by atoms with Gasteiger partial charge in [-0.25, -0.2) is 8.42 Å². The van der Waals surface area contributed by atoms with Crippen molar-refractivity contribution < 1.29 is 13.2 Å². The van der Waals surface area contributed by atoms with Gasteiger partial charge in [0.05, 0.1) is 23.9 Å². The van der Waals surface area contributed by atoms with Crippen LogP contribution in [0.1, 0.15) is 24.2 Å². The number of sulfonamides is 1. The average Bonchev–Trinajstić information content (AvgIpc) is 3.04. The van der Waals surface area contributed by atoms with Crippen LogP contribution in [0.2, 0.25) is 5.02 Å². The van der Waals surface area contributed by atoms with Gasteiger partial charge >= 0.3 is 0 Å². The molecule has 0 spiro atoms. The maximum absolute atomic E-state index is 12.9. The highest BCUT2D eigenvalue weighted by atomic mass is 35.5. The van der Waals surface area contributed by atoms with E-state index in [2.05, 4.69) is 5.10 Å². The molecular weight excluding hydrogens is 350 g/mol. The summed E-state index contributed by atoms with van der Waals surface area (Å²) < 4.78 is 34.8. The fourth-order valence-corrected chi connectivity index (χ4v) is 4.72. The lowest BCUT2D eigenvalue weighted by molar-refractivity contribution is -0.00260. The van der Waals surface area contributed by atoms with Gasteiger partial charge in [-0.2, -0.15) is 9.40 Å². The number of nitrogens with zero attached hydrogens (tertiary/aromatic N) is 3. The molecule has 2 aromatic rings. The Kier molecular flexibility index (Phi) is 4.96. The molecule has 0 N–H and O–H groups in total. The van der Waals surface area contributed by atoms with Crippen molar-refractivity contribution in [2.75, 3.05) is 19.7 Å². The van der Waals surface area contributed by atoms with Crippen LogP contribution < -0.4 is 0 Å². The summed E-state index contributed by atoms with van der Waals surface area (Å²) in [4.78, 5) is 0.139. The normalized spacial score (nSPS) is 19.5. The second-order valence-electron chi connectivity index (χ2n) is 5.79. The minimum Gasteiger partial charge on any atom is -0.371 e. The topological polar surface area (TPSA) is 64.4 Å². The van der Waals surface area contributed by atoms with Crippen molar-refractivity contribution in [3.05, 3.63) is 46.7 Å². The number of halogens is 1. The summed E-state index contributed by atoms with van der Waals surface area (Å²) in [5.74, 6) is 0. The van der Waals surface area contributed by atoms with Gasteiger partial charge in [-0.3, -0.25) is 4.68 Å². The first-order chi connectivity index (χ1) is 11.4. The Bertz CT molecular complexity index is 835. The highest BCUT2D eigenvalue weighted by Gasteiger charge is 2.33. The molecule has 1 saturated heterocycles. The molecule has 1 aromatic carbocycles. The van der Waals surface area contributed by atoms with E-state index >= 15 is 0 Å². The van der Waals surface area contributed by atoms with E-state index in [0.717, 1.165) is 17.7 Å². The largest absolute Gasteiger partial charge is 0.371 e. The first-order valence-electron chi connectivity index (χ1n) is 7.82. The Morgan fingerprint density at radius 3 is 2.88 bits per heavy atom. The summed E-state index contributed by atoms with van der Waals surface area (Å²) in [5, 5.41) is 4.47. The highest BCUT2D eigenvalue weighted by Crippen LogP contribution is 2.30. The standard InChI is InChI=1S/C16H20ClN3O3S/c1-3-19-10-13(9-18-19)15-11-20(6-7-23-15)24(21,22)16-5-4-12(2)8-14(16)17/h4-5,8-10,15H,3,6-7,11H2,1-2H3/t15-/m1/s1. The maximum atomic E-state index is 12.9. The van der Waals surface area contributed by atoms with Crippen molar-refractivity contribution in [1.82, 2.24) is 14.1 Å². The van der Waals surface area contributed by atoms with Crippen molar-refractivity contribution in [3.63, 3.8) is 0 Å². The quantitative estimate of drug-likeness (QED) is 0.831. The van der Waals surface area contributed by atoms with Crippen molar-refractivity contribution in [2.24, 2.45) is 0 Å². The molecule has 2 heterocycles. The Hall–Kier alpha value is -1.41. The zero-order valence-corrected chi connectivity index (χ0v) is 15.2. The number of rotatable bonds is 4. The van der Waals surface area contributed by atoms with Crippen LogP contribution in [-0.2, 0) is 21.3 Å². The molecule has 6 nitrogen and oxygen atoms in total. The van der Waals surface area contributed by atoms with E-state index in [-0.39, 0.29) is 22.6 Å². The van der Waals surface area contributed by atoms with Crippen molar-refractivity contribution in [3.8, 4) is 0 Å². The molecule has 0 unspecified atom stereocenters. The molecular formula is C16H20ClN3O3S. The molecule has 1 aliphatic rings. The molecule has 1 aliphatic heterocycles. The van der Waals surface area contributed by atoms with Crippen LogP contribution in [0.5, 0.6) is 0 Å². The third-order valence-electron chi connectivity index (χ3n) is 4.08. The smallest absolute Gasteiger partial charge is 0.244 e. The summed E-state index contributed by atoms with van der Waals surface area (Å²) in [6, 6.07) is 4.98. The molecule has 0 radical (unpaired) electrons. The molecule has 8 heteroatoms. The molecule has 3 rings (SSSR count). The Balaban J connectivity index is 1.85. The first-order valence-corrected chi connectivity index (χ1v) is 9.64. The molecule has 1 aromatic heterocycles. The fourth-order valence-electron chi connectivity index (χ4n) is 2.72. The van der Waals surface area contributed by atoms with Gasteiger partial charge in [0, 0.05) is 31.4 Å². The lowest BCUT2D eigenvalue weighted by Crippen LogP contribution is -2.42. The van der Waals surface area contributed by atoms with Crippen LogP contribution in [-0.4, -0.2) is 42.2 Å². The lowest BCUT2D eigenvalue weighted by atomic mass is 10.2. The first kappa shape index (κ1) is 17.4. The number of benzene rings is 1. The highest BCUT2D eigenvalue weighted by molar-refractivity contribution is 7.89.